The highest BCUT2D eigenvalue weighted by Crippen LogP contribution is 2.18. The molecule has 1 aromatic heterocycles. The first-order valence-corrected chi connectivity index (χ1v) is 10.3. The monoisotopic (exact) mass is 398 g/mol. The molecule has 0 unspecified atom stereocenters. The molecule has 0 radical (unpaired) electrons. The SMILES string of the molecule is COc1ccc(OCCNc2cc(C(=O)NC3CCCCCC3)nc(C)n2)cc1. The van der Waals surface area contributed by atoms with Crippen LogP contribution in [0, 0.1) is 6.92 Å². The van der Waals surface area contributed by atoms with Gasteiger partial charge in [-0.15, -0.1) is 0 Å². The molecule has 1 aromatic carbocycles. The van der Waals surface area contributed by atoms with Crippen LogP contribution in [0.2, 0.25) is 0 Å². The Hall–Kier alpha value is -2.83. The zero-order valence-electron chi connectivity index (χ0n) is 17.2. The van der Waals surface area contributed by atoms with Crippen molar-refractivity contribution in [2.45, 2.75) is 51.5 Å². The topological polar surface area (TPSA) is 85.4 Å². The van der Waals surface area contributed by atoms with Crippen LogP contribution < -0.4 is 20.1 Å². The van der Waals surface area contributed by atoms with Crippen LogP contribution in [-0.2, 0) is 0 Å². The second-order valence-corrected chi connectivity index (χ2v) is 7.30. The van der Waals surface area contributed by atoms with Gasteiger partial charge in [-0.1, -0.05) is 25.7 Å². The molecule has 1 fully saturated rings. The maximum absolute atomic E-state index is 12.6. The predicted molar refractivity (Wildman–Crippen MR) is 113 cm³/mol. The molecule has 1 aliphatic carbocycles. The fourth-order valence-electron chi connectivity index (χ4n) is 3.48. The van der Waals surface area contributed by atoms with Crippen LogP contribution >= 0.6 is 0 Å². The number of hydrogen-bond donors (Lipinski definition) is 2. The van der Waals surface area contributed by atoms with E-state index >= 15 is 0 Å². The number of methoxy groups -OCH3 is 1. The van der Waals surface area contributed by atoms with Gasteiger partial charge in [0.1, 0.15) is 35.4 Å². The number of aromatic nitrogens is 2. The molecule has 0 saturated heterocycles. The van der Waals surface area contributed by atoms with Crippen molar-refractivity contribution in [1.29, 1.82) is 0 Å². The normalized spacial score (nSPS) is 14.7. The Kier molecular flexibility index (Phi) is 7.67. The second-order valence-electron chi connectivity index (χ2n) is 7.30. The highest BCUT2D eigenvalue weighted by atomic mass is 16.5. The fraction of sp³-hybridized carbons (Fsp3) is 0.500. The third kappa shape index (κ3) is 6.62. The number of anilines is 1. The number of hydrogen-bond acceptors (Lipinski definition) is 6. The Labute approximate surface area is 172 Å². The first-order chi connectivity index (χ1) is 14.1. The molecule has 7 heteroatoms. The van der Waals surface area contributed by atoms with E-state index in [1.807, 2.05) is 24.3 Å². The molecule has 3 rings (SSSR count). The van der Waals surface area contributed by atoms with Gasteiger partial charge in [-0.3, -0.25) is 4.79 Å². The molecule has 0 bridgehead atoms. The lowest BCUT2D eigenvalue weighted by Gasteiger charge is -2.16. The molecular formula is C22H30N4O3. The van der Waals surface area contributed by atoms with E-state index in [2.05, 4.69) is 20.6 Å². The summed E-state index contributed by atoms with van der Waals surface area (Å²) < 4.78 is 10.8. The summed E-state index contributed by atoms with van der Waals surface area (Å²) in [6, 6.07) is 9.39. The van der Waals surface area contributed by atoms with E-state index in [-0.39, 0.29) is 11.9 Å². The summed E-state index contributed by atoms with van der Waals surface area (Å²) in [6.07, 6.45) is 6.95. The number of ether oxygens (including phenoxy) is 2. The van der Waals surface area contributed by atoms with Crippen molar-refractivity contribution >= 4 is 11.7 Å². The predicted octanol–water partition coefficient (Wildman–Crippen LogP) is 3.74. The first-order valence-electron chi connectivity index (χ1n) is 10.3. The summed E-state index contributed by atoms with van der Waals surface area (Å²) in [5.74, 6) is 2.63. The largest absolute Gasteiger partial charge is 0.497 e. The highest BCUT2D eigenvalue weighted by molar-refractivity contribution is 5.93. The van der Waals surface area contributed by atoms with Crippen LogP contribution in [0.4, 0.5) is 5.82 Å². The van der Waals surface area contributed by atoms with Crippen LogP contribution in [0.5, 0.6) is 11.5 Å². The summed E-state index contributed by atoms with van der Waals surface area (Å²) >= 11 is 0. The Morgan fingerprint density at radius 1 is 1.07 bits per heavy atom. The lowest BCUT2D eigenvalue weighted by Crippen LogP contribution is -2.35. The van der Waals surface area contributed by atoms with Gasteiger partial charge in [0.25, 0.3) is 5.91 Å². The first kappa shape index (κ1) is 20.9. The smallest absolute Gasteiger partial charge is 0.270 e. The van der Waals surface area contributed by atoms with Crippen molar-refractivity contribution in [3.63, 3.8) is 0 Å². The van der Waals surface area contributed by atoms with Crippen LogP contribution in [0.1, 0.15) is 54.8 Å². The minimum atomic E-state index is -0.125. The van der Waals surface area contributed by atoms with Gasteiger partial charge in [-0.05, 0) is 44.0 Å². The molecule has 0 aliphatic heterocycles. The average Bonchev–Trinajstić information content (AvgIpc) is 3.00. The maximum atomic E-state index is 12.6. The molecule has 2 N–H and O–H groups in total. The third-order valence-electron chi connectivity index (χ3n) is 5.00. The van der Waals surface area contributed by atoms with E-state index < -0.39 is 0 Å². The molecule has 1 aliphatic rings. The van der Waals surface area contributed by atoms with Crippen molar-refractivity contribution < 1.29 is 14.3 Å². The highest BCUT2D eigenvalue weighted by Gasteiger charge is 2.17. The Morgan fingerprint density at radius 2 is 1.76 bits per heavy atom. The summed E-state index contributed by atoms with van der Waals surface area (Å²) in [4.78, 5) is 21.3. The zero-order chi connectivity index (χ0) is 20.5. The van der Waals surface area contributed by atoms with Crippen molar-refractivity contribution in [2.24, 2.45) is 0 Å². The third-order valence-corrected chi connectivity index (χ3v) is 5.00. The summed E-state index contributed by atoms with van der Waals surface area (Å²) in [6.45, 7) is 2.83. The number of carbonyl (C=O) groups is 1. The average molecular weight is 399 g/mol. The minimum absolute atomic E-state index is 0.125. The summed E-state index contributed by atoms with van der Waals surface area (Å²) in [7, 11) is 1.63. The molecule has 29 heavy (non-hydrogen) atoms. The van der Waals surface area contributed by atoms with Gasteiger partial charge in [-0.2, -0.15) is 0 Å². The van der Waals surface area contributed by atoms with Crippen LogP contribution in [0.3, 0.4) is 0 Å². The van der Waals surface area contributed by atoms with E-state index in [0.717, 1.165) is 24.3 Å². The molecule has 1 amide bonds. The lowest BCUT2D eigenvalue weighted by molar-refractivity contribution is 0.0928. The number of amides is 1. The van der Waals surface area contributed by atoms with Crippen molar-refractivity contribution in [3.8, 4) is 11.5 Å². The molecule has 156 valence electrons. The van der Waals surface area contributed by atoms with Gasteiger partial charge in [0.15, 0.2) is 0 Å². The van der Waals surface area contributed by atoms with Gasteiger partial charge in [0.2, 0.25) is 0 Å². The van der Waals surface area contributed by atoms with Gasteiger partial charge >= 0.3 is 0 Å². The van der Waals surface area contributed by atoms with Crippen LogP contribution in [0.25, 0.3) is 0 Å². The van der Waals surface area contributed by atoms with E-state index in [9.17, 15) is 4.79 Å². The van der Waals surface area contributed by atoms with Gasteiger partial charge < -0.3 is 20.1 Å². The molecular weight excluding hydrogens is 368 g/mol. The van der Waals surface area contributed by atoms with Crippen LogP contribution in [-0.4, -0.2) is 42.2 Å². The quantitative estimate of drug-likeness (QED) is 0.520. The minimum Gasteiger partial charge on any atom is -0.497 e. The maximum Gasteiger partial charge on any atom is 0.270 e. The van der Waals surface area contributed by atoms with Crippen LogP contribution in [0.15, 0.2) is 30.3 Å². The van der Waals surface area contributed by atoms with E-state index in [4.69, 9.17) is 9.47 Å². The van der Waals surface area contributed by atoms with Crippen molar-refractivity contribution in [1.82, 2.24) is 15.3 Å². The molecule has 0 spiro atoms. The Morgan fingerprint density at radius 3 is 2.45 bits per heavy atom. The number of carbonyl (C=O) groups excluding carboxylic acids is 1. The standard InChI is InChI=1S/C22H30N4O3/c1-16-24-20(22(27)26-17-7-5-3-4-6-8-17)15-21(25-16)23-13-14-29-19-11-9-18(28-2)10-12-19/h9-12,15,17H,3-8,13-14H2,1-2H3,(H,26,27)(H,23,24,25). The van der Waals surface area contributed by atoms with E-state index in [1.165, 1.54) is 25.7 Å². The summed E-state index contributed by atoms with van der Waals surface area (Å²) in [5, 5.41) is 6.34. The van der Waals surface area contributed by atoms with Crippen molar-refractivity contribution in [3.05, 3.63) is 41.9 Å². The fourth-order valence-corrected chi connectivity index (χ4v) is 3.48. The Bertz CT molecular complexity index is 787. The van der Waals surface area contributed by atoms with Gasteiger partial charge in [0.05, 0.1) is 13.7 Å². The number of benzene rings is 1. The van der Waals surface area contributed by atoms with Crippen molar-refractivity contribution in [2.75, 3.05) is 25.6 Å². The molecule has 2 aromatic rings. The number of aryl methyl sites for hydroxylation is 1. The van der Waals surface area contributed by atoms with Gasteiger partial charge in [0, 0.05) is 12.1 Å². The molecule has 0 atom stereocenters. The lowest BCUT2D eigenvalue weighted by atomic mass is 10.1. The number of rotatable bonds is 8. The number of nitrogens with zero attached hydrogens (tertiary/aromatic N) is 2. The number of nitrogens with one attached hydrogen (secondary N) is 2. The Balaban J connectivity index is 1.50. The van der Waals surface area contributed by atoms with Gasteiger partial charge in [-0.25, -0.2) is 9.97 Å². The van der Waals surface area contributed by atoms with E-state index in [0.29, 0.717) is 30.5 Å². The summed E-state index contributed by atoms with van der Waals surface area (Å²) in [5.41, 5.74) is 0.403. The molecule has 1 saturated carbocycles. The molecule has 1 heterocycles. The molecule has 7 nitrogen and oxygen atoms in total. The van der Waals surface area contributed by atoms with E-state index in [1.54, 1.807) is 20.1 Å². The zero-order valence-corrected chi connectivity index (χ0v) is 17.2. The second kappa shape index (κ2) is 10.6.